The molecule has 21 heavy (non-hydrogen) atoms. The molecule has 0 saturated carbocycles. The lowest BCUT2D eigenvalue weighted by Crippen LogP contribution is -2.50. The summed E-state index contributed by atoms with van der Waals surface area (Å²) in [5.74, 6) is 0. The number of ether oxygens (including phenoxy) is 1. The number of aliphatic hydroxyl groups excluding tert-OH is 3. The van der Waals surface area contributed by atoms with Gasteiger partial charge in [0.25, 0.3) is 5.69 Å². The van der Waals surface area contributed by atoms with Crippen LogP contribution < -0.4 is 0 Å². The fourth-order valence-corrected chi connectivity index (χ4v) is 2.29. The van der Waals surface area contributed by atoms with Crippen LogP contribution in [0.25, 0.3) is 11.0 Å². The molecule has 2 heterocycles. The van der Waals surface area contributed by atoms with Crippen LogP contribution in [-0.2, 0) is 4.74 Å². The molecule has 1 saturated heterocycles. The average molecular weight is 296 g/mol. The Balaban J connectivity index is 2.06. The van der Waals surface area contributed by atoms with Gasteiger partial charge < -0.3 is 20.1 Å². The van der Waals surface area contributed by atoms with E-state index in [-0.39, 0.29) is 23.3 Å². The van der Waals surface area contributed by atoms with Gasteiger partial charge in [-0.15, -0.1) is 5.10 Å². The lowest BCUT2D eigenvalue weighted by molar-refractivity contribution is -0.383. The highest BCUT2D eigenvalue weighted by Crippen LogP contribution is 2.29. The topological polar surface area (TPSA) is 144 Å². The summed E-state index contributed by atoms with van der Waals surface area (Å²) in [6.07, 6.45) is -5.13. The number of rotatable bonds is 2. The molecule has 0 radical (unpaired) electrons. The molecule has 3 N–H and O–H groups in total. The van der Waals surface area contributed by atoms with Gasteiger partial charge in [0.15, 0.2) is 11.7 Å². The van der Waals surface area contributed by atoms with E-state index in [9.17, 15) is 25.4 Å². The number of hydrogen-bond acceptors (Lipinski definition) is 8. The third kappa shape index (κ3) is 2.14. The standard InChI is InChI=1S/C11H12N4O6/c16-7-4-21-11(10(18)9(7)17)14-5-2-1-3-6(15(19)20)8(5)12-13-14/h1-3,7,9-11,16-18H,4H2/t7-,9-,10+,11?/m0/s1. The molecule has 1 aliphatic heterocycles. The van der Waals surface area contributed by atoms with E-state index in [2.05, 4.69) is 10.3 Å². The first-order chi connectivity index (χ1) is 10.0. The van der Waals surface area contributed by atoms with Crippen molar-refractivity contribution in [3.05, 3.63) is 28.3 Å². The van der Waals surface area contributed by atoms with Crippen molar-refractivity contribution in [2.45, 2.75) is 24.5 Å². The zero-order valence-electron chi connectivity index (χ0n) is 10.6. The molecule has 1 unspecified atom stereocenters. The van der Waals surface area contributed by atoms with Crippen LogP contribution in [0.2, 0.25) is 0 Å². The fourth-order valence-electron chi connectivity index (χ4n) is 2.29. The number of nitro benzene ring substituents is 1. The van der Waals surface area contributed by atoms with Crippen LogP contribution in [0.5, 0.6) is 0 Å². The van der Waals surface area contributed by atoms with Crippen molar-refractivity contribution in [1.82, 2.24) is 15.0 Å². The molecule has 0 amide bonds. The van der Waals surface area contributed by atoms with Gasteiger partial charge in [0.2, 0.25) is 0 Å². The number of fused-ring (bicyclic) bond motifs is 1. The smallest absolute Gasteiger partial charge is 0.299 e. The molecule has 10 nitrogen and oxygen atoms in total. The lowest BCUT2D eigenvalue weighted by Gasteiger charge is -2.34. The van der Waals surface area contributed by atoms with E-state index in [1.165, 1.54) is 18.2 Å². The highest BCUT2D eigenvalue weighted by atomic mass is 16.6. The number of aromatic nitrogens is 3. The zero-order chi connectivity index (χ0) is 15.1. The Morgan fingerprint density at radius 1 is 1.33 bits per heavy atom. The number of non-ortho nitro benzene ring substituents is 1. The number of nitro groups is 1. The molecule has 1 fully saturated rings. The van der Waals surface area contributed by atoms with Crippen LogP contribution in [-0.4, -0.2) is 60.2 Å². The predicted molar refractivity (Wildman–Crippen MR) is 67.2 cm³/mol. The second kappa shape index (κ2) is 5.00. The summed E-state index contributed by atoms with van der Waals surface area (Å²) in [5.41, 5.74) is 0.125. The third-order valence-electron chi connectivity index (χ3n) is 3.39. The van der Waals surface area contributed by atoms with Gasteiger partial charge in [-0.1, -0.05) is 11.3 Å². The molecule has 112 valence electrons. The molecule has 1 aliphatic rings. The fraction of sp³-hybridized carbons (Fsp3) is 0.455. The van der Waals surface area contributed by atoms with Gasteiger partial charge in [-0.3, -0.25) is 10.1 Å². The Labute approximate surface area is 117 Å². The number of hydrogen-bond donors (Lipinski definition) is 3. The van der Waals surface area contributed by atoms with Crippen LogP contribution in [0.15, 0.2) is 18.2 Å². The molecule has 10 heteroatoms. The second-order valence-corrected chi connectivity index (χ2v) is 4.71. The molecule has 0 bridgehead atoms. The average Bonchev–Trinajstić information content (AvgIpc) is 2.88. The molecule has 4 atom stereocenters. The Kier molecular flexibility index (Phi) is 3.29. The molecule has 0 aliphatic carbocycles. The lowest BCUT2D eigenvalue weighted by atomic mass is 10.0. The van der Waals surface area contributed by atoms with Crippen molar-refractivity contribution < 1.29 is 25.0 Å². The summed E-state index contributed by atoms with van der Waals surface area (Å²) < 4.78 is 6.41. The van der Waals surface area contributed by atoms with Crippen molar-refractivity contribution in [2.24, 2.45) is 0 Å². The Hall–Kier alpha value is -2.14. The molecule has 1 aromatic heterocycles. The molecule has 1 aromatic carbocycles. The van der Waals surface area contributed by atoms with Crippen LogP contribution in [0.1, 0.15) is 6.23 Å². The third-order valence-corrected chi connectivity index (χ3v) is 3.39. The zero-order valence-corrected chi connectivity index (χ0v) is 10.6. The normalized spacial score (nSPS) is 29.7. The summed E-state index contributed by atoms with van der Waals surface area (Å²) >= 11 is 0. The summed E-state index contributed by atoms with van der Waals surface area (Å²) in [4.78, 5) is 10.3. The predicted octanol–water partition coefficient (Wildman–Crippen LogP) is -1.05. The Morgan fingerprint density at radius 3 is 2.81 bits per heavy atom. The van der Waals surface area contributed by atoms with Gasteiger partial charge in [-0.2, -0.15) is 0 Å². The van der Waals surface area contributed by atoms with Crippen LogP contribution in [0.3, 0.4) is 0 Å². The highest BCUT2D eigenvalue weighted by Gasteiger charge is 2.40. The minimum Gasteiger partial charge on any atom is -0.388 e. The first-order valence-electron chi connectivity index (χ1n) is 6.15. The van der Waals surface area contributed by atoms with Crippen molar-refractivity contribution in [1.29, 1.82) is 0 Å². The molecule has 3 rings (SSSR count). The monoisotopic (exact) mass is 296 g/mol. The van der Waals surface area contributed by atoms with E-state index >= 15 is 0 Å². The van der Waals surface area contributed by atoms with E-state index in [0.29, 0.717) is 0 Å². The van der Waals surface area contributed by atoms with Crippen molar-refractivity contribution >= 4 is 16.7 Å². The Bertz CT molecular complexity index is 688. The number of nitrogens with zero attached hydrogens (tertiary/aromatic N) is 4. The van der Waals surface area contributed by atoms with Gasteiger partial charge in [-0.05, 0) is 6.07 Å². The first-order valence-corrected chi connectivity index (χ1v) is 6.15. The maximum absolute atomic E-state index is 10.9. The maximum atomic E-state index is 10.9. The van der Waals surface area contributed by atoms with Crippen LogP contribution in [0.4, 0.5) is 5.69 Å². The van der Waals surface area contributed by atoms with E-state index in [0.717, 1.165) is 4.68 Å². The van der Waals surface area contributed by atoms with Crippen LogP contribution in [0, 0.1) is 10.1 Å². The van der Waals surface area contributed by atoms with E-state index < -0.39 is 29.5 Å². The minimum atomic E-state index is -1.43. The maximum Gasteiger partial charge on any atom is 0.299 e. The molecule has 0 spiro atoms. The molecule has 2 aromatic rings. The summed E-state index contributed by atoms with van der Waals surface area (Å²) in [5, 5.41) is 47.5. The van der Waals surface area contributed by atoms with Crippen molar-refractivity contribution in [3.63, 3.8) is 0 Å². The van der Waals surface area contributed by atoms with Gasteiger partial charge in [0.05, 0.1) is 17.0 Å². The van der Waals surface area contributed by atoms with Gasteiger partial charge in [-0.25, -0.2) is 4.68 Å². The van der Waals surface area contributed by atoms with E-state index in [1.54, 1.807) is 0 Å². The first kappa shape index (κ1) is 13.8. The number of aliphatic hydroxyl groups is 3. The van der Waals surface area contributed by atoms with Crippen LogP contribution >= 0.6 is 0 Å². The number of benzene rings is 1. The van der Waals surface area contributed by atoms with Crippen molar-refractivity contribution in [3.8, 4) is 0 Å². The summed E-state index contributed by atoms with van der Waals surface area (Å²) in [6.45, 7) is -0.195. The second-order valence-electron chi connectivity index (χ2n) is 4.71. The summed E-state index contributed by atoms with van der Waals surface area (Å²) in [7, 11) is 0. The molecular formula is C11H12N4O6. The van der Waals surface area contributed by atoms with E-state index in [4.69, 9.17) is 4.74 Å². The minimum absolute atomic E-state index is 0.0545. The van der Waals surface area contributed by atoms with Gasteiger partial charge >= 0.3 is 0 Å². The Morgan fingerprint density at radius 2 is 2.10 bits per heavy atom. The van der Waals surface area contributed by atoms with Gasteiger partial charge in [0, 0.05) is 6.07 Å². The van der Waals surface area contributed by atoms with Crippen molar-refractivity contribution in [2.75, 3.05) is 6.61 Å². The highest BCUT2D eigenvalue weighted by molar-refractivity contribution is 5.83. The quantitative estimate of drug-likeness (QED) is 0.470. The SMILES string of the molecule is O=[N+]([O-])c1cccc2c1nnn2C1OC[C@H](O)[C@H](O)[C@H]1O. The van der Waals surface area contributed by atoms with E-state index in [1.807, 2.05) is 0 Å². The molecular weight excluding hydrogens is 284 g/mol. The largest absolute Gasteiger partial charge is 0.388 e. The summed E-state index contributed by atoms with van der Waals surface area (Å²) in [6, 6.07) is 4.29. The van der Waals surface area contributed by atoms with Gasteiger partial charge in [0.1, 0.15) is 18.3 Å².